The van der Waals surface area contributed by atoms with E-state index in [0.717, 1.165) is 28.7 Å². The molecule has 0 saturated carbocycles. The van der Waals surface area contributed by atoms with Crippen LogP contribution in [0.5, 0.6) is 0 Å². The Kier molecular flexibility index (Phi) is 15.1. The highest BCUT2D eigenvalue weighted by molar-refractivity contribution is 8.01. The Labute approximate surface area is 361 Å². The van der Waals surface area contributed by atoms with E-state index in [1.54, 1.807) is 18.2 Å². The molecule has 1 saturated heterocycles. The van der Waals surface area contributed by atoms with Crippen molar-refractivity contribution in [2.24, 2.45) is 0 Å². The number of anilines is 1. The summed E-state index contributed by atoms with van der Waals surface area (Å²) in [6, 6.07) is 40.6. The molecule has 314 valence electrons. The smallest absolute Gasteiger partial charge is 0.330 e. The molecule has 1 heterocycles. The van der Waals surface area contributed by atoms with Crippen molar-refractivity contribution in [2.75, 3.05) is 23.9 Å². The SMILES string of the molecule is CSCC[C@H](NC(=O)c1cc(NC(C(=O)OC(C)(C)C)[C@H]2NCC[C@H]2SC(c2ccccc2)(c2ccccc2)c2ccccc2)ccc1CCc1ccc(F)cc1)C(=O)O. The maximum Gasteiger partial charge on any atom is 0.330 e. The van der Waals surface area contributed by atoms with Gasteiger partial charge < -0.3 is 25.8 Å². The van der Waals surface area contributed by atoms with Gasteiger partial charge in [0.05, 0.1) is 4.75 Å². The van der Waals surface area contributed by atoms with Gasteiger partial charge >= 0.3 is 11.9 Å². The van der Waals surface area contributed by atoms with Gasteiger partial charge in [0.2, 0.25) is 0 Å². The molecule has 11 heteroatoms. The standard InChI is InChI=1S/C49H54FN3O5S2/c1-48(2,3)58-47(57)44(43-42(28-30-51-43)60-49(35-14-8-5-9-15-35,36-16-10-6-11-17-36)37-18-12-7-13-19-37)52-39-27-24-34(23-20-33-21-25-38(50)26-22-33)40(32-39)45(54)53-41(46(55)56)29-31-59-4/h5-19,21-22,24-27,32,41-44,51-52H,20,23,28-31H2,1-4H3,(H,53,54)(H,55,56)/t41-,42+,43-,44?/m0/s1. The lowest BCUT2D eigenvalue weighted by atomic mass is 9.84. The third-order valence-electron chi connectivity index (χ3n) is 10.6. The van der Waals surface area contributed by atoms with Crippen molar-refractivity contribution < 1.29 is 28.6 Å². The van der Waals surface area contributed by atoms with E-state index in [9.17, 15) is 23.9 Å². The van der Waals surface area contributed by atoms with E-state index in [4.69, 9.17) is 4.74 Å². The molecule has 0 bridgehead atoms. The molecule has 0 aliphatic carbocycles. The molecule has 5 aromatic rings. The summed E-state index contributed by atoms with van der Waals surface area (Å²) in [6.45, 7) is 6.20. The second kappa shape index (κ2) is 20.4. The van der Waals surface area contributed by atoms with Crippen molar-refractivity contribution in [3.8, 4) is 0 Å². The van der Waals surface area contributed by atoms with Gasteiger partial charge in [-0.1, -0.05) is 109 Å². The summed E-state index contributed by atoms with van der Waals surface area (Å²) < 4.78 is 19.2. The average Bonchev–Trinajstić information content (AvgIpc) is 3.71. The van der Waals surface area contributed by atoms with Gasteiger partial charge in [0.1, 0.15) is 23.5 Å². The zero-order valence-corrected chi connectivity index (χ0v) is 36.2. The minimum absolute atomic E-state index is 0.0962. The predicted octanol–water partition coefficient (Wildman–Crippen LogP) is 9.13. The summed E-state index contributed by atoms with van der Waals surface area (Å²) in [7, 11) is 0. The first-order valence-electron chi connectivity index (χ1n) is 20.3. The summed E-state index contributed by atoms with van der Waals surface area (Å²) in [6.07, 6.45) is 3.88. The fraction of sp³-hybridized carbons (Fsp3) is 0.327. The number of esters is 1. The summed E-state index contributed by atoms with van der Waals surface area (Å²) in [5.74, 6) is -1.85. The number of hydrogen-bond acceptors (Lipinski definition) is 8. The summed E-state index contributed by atoms with van der Waals surface area (Å²) in [5.41, 5.74) is 4.95. The van der Waals surface area contributed by atoms with Crippen molar-refractivity contribution in [3.05, 3.63) is 173 Å². The quantitative estimate of drug-likeness (QED) is 0.0506. The van der Waals surface area contributed by atoms with E-state index >= 15 is 0 Å². The van der Waals surface area contributed by atoms with E-state index in [1.165, 1.54) is 23.9 Å². The lowest BCUT2D eigenvalue weighted by molar-refractivity contribution is -0.156. The fourth-order valence-corrected chi connectivity index (χ4v) is 10.1. The van der Waals surface area contributed by atoms with Crippen LogP contribution >= 0.6 is 23.5 Å². The number of benzene rings is 5. The average molecular weight is 848 g/mol. The largest absolute Gasteiger partial charge is 0.480 e. The highest BCUT2D eigenvalue weighted by atomic mass is 32.2. The van der Waals surface area contributed by atoms with Crippen molar-refractivity contribution >= 4 is 47.1 Å². The third kappa shape index (κ3) is 11.2. The van der Waals surface area contributed by atoms with Gasteiger partial charge in [-0.15, -0.1) is 11.8 Å². The maximum atomic E-state index is 14.5. The number of hydrogen-bond donors (Lipinski definition) is 4. The molecule has 4 N–H and O–H groups in total. The second-order valence-corrected chi connectivity index (χ2v) is 18.4. The monoisotopic (exact) mass is 847 g/mol. The molecule has 4 atom stereocenters. The van der Waals surface area contributed by atoms with Crippen LogP contribution in [-0.2, 0) is 31.9 Å². The van der Waals surface area contributed by atoms with Crippen LogP contribution in [0.4, 0.5) is 10.1 Å². The van der Waals surface area contributed by atoms with Gasteiger partial charge in [-0.3, -0.25) is 4.79 Å². The molecule has 0 spiro atoms. The van der Waals surface area contributed by atoms with Crippen molar-refractivity contribution in [2.45, 2.75) is 80.2 Å². The lowest BCUT2D eigenvalue weighted by Gasteiger charge is -2.40. The maximum absolute atomic E-state index is 14.5. The normalized spacial score (nSPS) is 16.4. The number of aliphatic carboxylic acids is 1. The molecule has 0 aromatic heterocycles. The summed E-state index contributed by atoms with van der Waals surface area (Å²) in [5, 5.41) is 19.8. The molecule has 1 aliphatic heterocycles. The van der Waals surface area contributed by atoms with Crippen LogP contribution in [0.15, 0.2) is 133 Å². The molecule has 60 heavy (non-hydrogen) atoms. The number of carbonyl (C=O) groups is 3. The van der Waals surface area contributed by atoms with Gasteiger partial charge in [0.15, 0.2) is 0 Å². The number of carbonyl (C=O) groups excluding carboxylic acids is 2. The van der Waals surface area contributed by atoms with Gasteiger partial charge in [0, 0.05) is 22.5 Å². The lowest BCUT2D eigenvalue weighted by Crippen LogP contribution is -2.52. The molecule has 1 aliphatic rings. The van der Waals surface area contributed by atoms with Crippen molar-refractivity contribution in [1.29, 1.82) is 0 Å². The van der Waals surface area contributed by atoms with E-state index in [0.29, 0.717) is 42.0 Å². The van der Waals surface area contributed by atoms with Crippen LogP contribution in [0, 0.1) is 5.82 Å². The molecule has 0 radical (unpaired) electrons. The summed E-state index contributed by atoms with van der Waals surface area (Å²) in [4.78, 5) is 40.7. The molecular weight excluding hydrogens is 794 g/mol. The topological polar surface area (TPSA) is 117 Å². The highest BCUT2D eigenvalue weighted by Gasteiger charge is 2.46. The van der Waals surface area contributed by atoms with Crippen LogP contribution in [0.2, 0.25) is 0 Å². The van der Waals surface area contributed by atoms with Crippen LogP contribution in [0.1, 0.15) is 71.8 Å². The number of halogens is 1. The number of thioether (sulfide) groups is 2. The Morgan fingerprint density at radius 3 is 1.95 bits per heavy atom. The molecule has 1 unspecified atom stereocenters. The number of carboxylic acid groups (broad SMARTS) is 1. The van der Waals surface area contributed by atoms with Crippen LogP contribution in [-0.4, -0.2) is 70.5 Å². The third-order valence-corrected chi connectivity index (χ3v) is 13.1. The van der Waals surface area contributed by atoms with E-state index < -0.39 is 46.3 Å². The number of aryl methyl sites for hydroxylation is 2. The molecule has 8 nitrogen and oxygen atoms in total. The number of amides is 1. The fourth-order valence-electron chi connectivity index (χ4n) is 7.71. The first-order valence-corrected chi connectivity index (χ1v) is 22.6. The van der Waals surface area contributed by atoms with Crippen LogP contribution < -0.4 is 16.0 Å². The second-order valence-electron chi connectivity index (χ2n) is 16.0. The Bertz CT molecular complexity index is 2090. The number of ether oxygens (including phenoxy) is 1. The predicted molar refractivity (Wildman–Crippen MR) is 242 cm³/mol. The van der Waals surface area contributed by atoms with E-state index in [1.807, 2.05) is 69.1 Å². The number of carboxylic acids is 1. The highest BCUT2D eigenvalue weighted by Crippen LogP contribution is 2.52. The molecule has 6 rings (SSSR count). The van der Waals surface area contributed by atoms with Gasteiger partial charge in [-0.2, -0.15) is 11.8 Å². The Morgan fingerprint density at radius 2 is 1.42 bits per heavy atom. The van der Waals surface area contributed by atoms with Crippen molar-refractivity contribution in [3.63, 3.8) is 0 Å². The number of rotatable bonds is 18. The Morgan fingerprint density at radius 1 is 0.833 bits per heavy atom. The van der Waals surface area contributed by atoms with Gasteiger partial charge in [0.25, 0.3) is 5.91 Å². The Balaban J connectivity index is 1.39. The number of nitrogens with one attached hydrogen (secondary N) is 3. The minimum Gasteiger partial charge on any atom is -0.480 e. The molecule has 5 aromatic carbocycles. The van der Waals surface area contributed by atoms with Crippen LogP contribution in [0.25, 0.3) is 0 Å². The zero-order chi connectivity index (χ0) is 42.7. The van der Waals surface area contributed by atoms with Crippen molar-refractivity contribution in [1.82, 2.24) is 10.6 Å². The van der Waals surface area contributed by atoms with E-state index in [2.05, 4.69) is 88.7 Å². The van der Waals surface area contributed by atoms with Gasteiger partial charge in [-0.25, -0.2) is 14.0 Å². The Hall–Kier alpha value is -5.10. The summed E-state index contributed by atoms with van der Waals surface area (Å²) >= 11 is 3.32. The minimum atomic E-state index is -1.11. The molecule has 1 fully saturated rings. The van der Waals surface area contributed by atoms with Gasteiger partial charge in [-0.05, 0) is 117 Å². The first kappa shape index (κ1) is 44.5. The van der Waals surface area contributed by atoms with Crippen LogP contribution in [0.3, 0.4) is 0 Å². The molecule has 1 amide bonds. The van der Waals surface area contributed by atoms with E-state index in [-0.39, 0.29) is 17.5 Å². The first-order chi connectivity index (χ1) is 28.9. The molecular formula is C49H54FN3O5S2. The zero-order valence-electron chi connectivity index (χ0n) is 34.5.